The maximum absolute atomic E-state index is 16.1. The number of nitrogens with zero attached hydrogens (tertiary/aromatic N) is 2. The molecule has 1 amide bonds. The molecule has 1 saturated heterocycles. The van der Waals surface area contributed by atoms with Crippen LogP contribution in [0, 0.1) is 5.92 Å². The molecule has 1 saturated carbocycles. The summed E-state index contributed by atoms with van der Waals surface area (Å²) in [7, 11) is -4.24. The highest BCUT2D eigenvalue weighted by Gasteiger charge is 2.55. The summed E-state index contributed by atoms with van der Waals surface area (Å²) < 4.78 is 73.8. The zero-order chi connectivity index (χ0) is 42.5. The number of esters is 2. The van der Waals surface area contributed by atoms with Crippen LogP contribution in [0.15, 0.2) is 52.2 Å². The number of amides is 1. The fourth-order valence-corrected chi connectivity index (χ4v) is 7.75. The molecule has 2 aliphatic rings. The lowest BCUT2D eigenvalue weighted by Crippen LogP contribution is -2.49. The molecule has 2 heterocycles. The lowest BCUT2D eigenvalue weighted by molar-refractivity contribution is -0.152. The molecule has 0 spiro atoms. The smallest absolute Gasteiger partial charge is 0.461 e. The van der Waals surface area contributed by atoms with E-state index in [0.29, 0.717) is 24.0 Å². The molecule has 7 atom stereocenters. The largest absolute Gasteiger partial charge is 0.462 e. The van der Waals surface area contributed by atoms with E-state index >= 15 is 4.39 Å². The van der Waals surface area contributed by atoms with E-state index in [1.165, 1.54) is 19.1 Å². The second kappa shape index (κ2) is 21.7. The molecular weight excluding hydrogens is 790 g/mol. The number of rotatable bonds is 21. The minimum atomic E-state index is -4.24. The Hall–Kier alpha value is -4.17. The van der Waals surface area contributed by atoms with Crippen LogP contribution in [0.25, 0.3) is 0 Å². The van der Waals surface area contributed by atoms with Crippen molar-refractivity contribution in [2.24, 2.45) is 5.92 Å². The molecule has 2 aromatic rings. The number of halogens is 1. The Morgan fingerprint density at radius 2 is 1.72 bits per heavy atom. The summed E-state index contributed by atoms with van der Waals surface area (Å²) in [5.74, 6) is -1.71. The fraction of sp³-hybridized carbons (Fsp3) is 0.649. The molecule has 1 aliphatic carbocycles. The Kier molecular flexibility index (Phi) is 17.4. The number of ether oxygens (including phenoxy) is 6. The van der Waals surface area contributed by atoms with Crippen molar-refractivity contribution in [3.63, 3.8) is 0 Å². The van der Waals surface area contributed by atoms with Crippen LogP contribution in [0.4, 0.5) is 9.18 Å². The summed E-state index contributed by atoms with van der Waals surface area (Å²) in [6.45, 7) is 5.73. The van der Waals surface area contributed by atoms with E-state index in [0.717, 1.165) is 43.0 Å². The van der Waals surface area contributed by atoms with Crippen LogP contribution in [-0.4, -0.2) is 95.1 Å². The lowest BCUT2D eigenvalue weighted by Gasteiger charge is -2.29. The van der Waals surface area contributed by atoms with Gasteiger partial charge in [0.05, 0.1) is 18.8 Å². The maximum Gasteiger partial charge on any atom is 0.461 e. The molecule has 21 heteroatoms. The van der Waals surface area contributed by atoms with Gasteiger partial charge in [0.15, 0.2) is 32.2 Å². The van der Waals surface area contributed by atoms with Crippen LogP contribution in [0.2, 0.25) is 0 Å². The number of para-hydroxylation sites is 1. The normalized spacial score (nSPS) is 23.1. The molecular formula is C37H54FN4O15P. The van der Waals surface area contributed by atoms with Crippen molar-refractivity contribution in [1.82, 2.24) is 19.5 Å². The third kappa shape index (κ3) is 12.9. The van der Waals surface area contributed by atoms with E-state index in [2.05, 4.69) is 10.4 Å². The molecule has 0 bridgehead atoms. The van der Waals surface area contributed by atoms with Crippen LogP contribution >= 0.6 is 7.75 Å². The van der Waals surface area contributed by atoms with E-state index in [9.17, 15) is 33.6 Å². The number of benzene rings is 1. The zero-order valence-electron chi connectivity index (χ0n) is 33.2. The van der Waals surface area contributed by atoms with Gasteiger partial charge in [0.2, 0.25) is 0 Å². The molecule has 58 heavy (non-hydrogen) atoms. The molecule has 2 fully saturated rings. The van der Waals surface area contributed by atoms with Crippen molar-refractivity contribution in [2.45, 2.75) is 122 Å². The van der Waals surface area contributed by atoms with Gasteiger partial charge in [-0.15, -0.1) is 0 Å². The molecule has 0 unspecified atom stereocenters. The van der Waals surface area contributed by atoms with Crippen molar-refractivity contribution in [2.75, 3.05) is 26.8 Å². The third-order valence-electron chi connectivity index (χ3n) is 9.41. The third-order valence-corrected chi connectivity index (χ3v) is 11.0. The van der Waals surface area contributed by atoms with Crippen molar-refractivity contribution >= 4 is 25.8 Å². The minimum absolute atomic E-state index is 0.135. The summed E-state index contributed by atoms with van der Waals surface area (Å²) in [5, 5.41) is 15.9. The fourth-order valence-electron chi connectivity index (χ4n) is 6.38. The van der Waals surface area contributed by atoms with Gasteiger partial charge in [-0.3, -0.25) is 18.7 Å². The van der Waals surface area contributed by atoms with E-state index in [-0.39, 0.29) is 31.5 Å². The molecule has 0 radical (unpaired) electrons. The monoisotopic (exact) mass is 844 g/mol. The highest BCUT2D eigenvalue weighted by Crippen LogP contribution is 2.45. The van der Waals surface area contributed by atoms with Crippen LogP contribution < -0.4 is 26.2 Å². The molecule has 4 rings (SSSR count). The summed E-state index contributed by atoms with van der Waals surface area (Å²) >= 11 is 0. The van der Waals surface area contributed by atoms with E-state index < -0.39 is 92.8 Å². The Labute approximate surface area is 334 Å². The SMILES string of the molecule is CCOCOC(=O)N[C@H](C(=O)OCn1c(=O)ccn([C@@H]2O[C@H](CCOCO[P@](=O)(N[C@@H](C)C(=O)OC(C)C)Oc3ccccc3)[C@@H](O)[C@@]2(C)F)c1=O)C1CCCCC1. The first-order valence-corrected chi connectivity index (χ1v) is 20.7. The minimum Gasteiger partial charge on any atom is -0.462 e. The van der Waals surface area contributed by atoms with Crippen LogP contribution in [0.5, 0.6) is 5.75 Å². The van der Waals surface area contributed by atoms with Gasteiger partial charge in [-0.2, -0.15) is 5.09 Å². The number of hydrogen-bond donors (Lipinski definition) is 3. The van der Waals surface area contributed by atoms with Gasteiger partial charge in [-0.1, -0.05) is 37.5 Å². The quantitative estimate of drug-likeness (QED) is 0.0535. The van der Waals surface area contributed by atoms with Gasteiger partial charge in [-0.25, -0.2) is 27.9 Å². The molecule has 1 aromatic carbocycles. The molecule has 1 aliphatic heterocycles. The maximum atomic E-state index is 16.1. The first-order valence-electron chi connectivity index (χ1n) is 19.1. The second-order valence-corrected chi connectivity index (χ2v) is 15.9. The van der Waals surface area contributed by atoms with Gasteiger partial charge in [0.1, 0.15) is 23.9 Å². The van der Waals surface area contributed by atoms with Crippen molar-refractivity contribution in [3.05, 3.63) is 63.4 Å². The molecule has 3 N–H and O–H groups in total. The summed E-state index contributed by atoms with van der Waals surface area (Å²) in [6, 6.07) is 6.77. The van der Waals surface area contributed by atoms with Gasteiger partial charge in [0.25, 0.3) is 5.56 Å². The summed E-state index contributed by atoms with van der Waals surface area (Å²) in [6.07, 6.45) is -1.36. The number of aliphatic hydroxyl groups is 1. The highest BCUT2D eigenvalue weighted by atomic mass is 31.2. The molecule has 1 aromatic heterocycles. The first-order chi connectivity index (χ1) is 27.6. The number of alkyl carbamates (subject to hydrolysis) is 1. The highest BCUT2D eigenvalue weighted by molar-refractivity contribution is 7.52. The molecule has 19 nitrogen and oxygen atoms in total. The van der Waals surface area contributed by atoms with Crippen LogP contribution in [0.1, 0.15) is 79.4 Å². The zero-order valence-corrected chi connectivity index (χ0v) is 34.1. The first kappa shape index (κ1) is 46.5. The standard InChI is InChI=1S/C37H54FN4O15P/c1-6-50-22-53-35(47)39-30(26-13-9-7-10-14-26)33(46)52-21-42-29(43)17-19-41(36(42)48)34-37(5,38)31(44)28(56-34)18-20-51-23-54-58(49,57-27-15-11-8-12-16-27)40-25(4)32(45)55-24(2)3/h8,11-12,15-17,19,24-26,28,30-31,34,44H,6-7,9-10,13-14,18,20-23H2,1-5H3,(H,39,47)(H,40,49)/t25-,28+,30-,31+,34+,37+,58+/m0/s1. The van der Waals surface area contributed by atoms with Gasteiger partial charge >= 0.3 is 31.5 Å². The Morgan fingerprint density at radius 3 is 2.40 bits per heavy atom. The number of alkyl halides is 1. The van der Waals surface area contributed by atoms with Crippen LogP contribution in [-0.2, 0) is 53.8 Å². The number of carbonyl (C=O) groups excluding carboxylic acids is 3. The molecule has 324 valence electrons. The topological polar surface area (TPSA) is 230 Å². The predicted molar refractivity (Wildman–Crippen MR) is 202 cm³/mol. The average molecular weight is 845 g/mol. The second-order valence-electron chi connectivity index (χ2n) is 14.2. The summed E-state index contributed by atoms with van der Waals surface area (Å²) in [4.78, 5) is 64.5. The van der Waals surface area contributed by atoms with E-state index in [4.69, 9.17) is 37.5 Å². The van der Waals surface area contributed by atoms with Gasteiger partial charge in [0, 0.05) is 18.9 Å². The van der Waals surface area contributed by atoms with Crippen molar-refractivity contribution in [3.8, 4) is 5.75 Å². The van der Waals surface area contributed by atoms with Crippen molar-refractivity contribution in [1.29, 1.82) is 0 Å². The predicted octanol–water partition coefficient (Wildman–Crippen LogP) is 3.66. The number of aromatic nitrogens is 2. The summed E-state index contributed by atoms with van der Waals surface area (Å²) in [5.41, 5.74) is -4.53. The lowest BCUT2D eigenvalue weighted by atomic mass is 9.84. The average Bonchev–Trinajstić information content (AvgIpc) is 3.40. The Morgan fingerprint density at radius 1 is 1.02 bits per heavy atom. The number of carbonyl (C=O) groups is 3. The Bertz CT molecular complexity index is 1820. The number of nitrogens with one attached hydrogen (secondary N) is 2. The Balaban J connectivity index is 1.38. The van der Waals surface area contributed by atoms with E-state index in [1.807, 2.05) is 0 Å². The van der Waals surface area contributed by atoms with Crippen LogP contribution in [0.3, 0.4) is 0 Å². The van der Waals surface area contributed by atoms with E-state index in [1.54, 1.807) is 39.0 Å². The number of hydrogen-bond acceptors (Lipinski definition) is 15. The number of aliphatic hydroxyl groups excluding tert-OH is 1. The van der Waals surface area contributed by atoms with Gasteiger partial charge in [-0.05, 0) is 71.9 Å². The van der Waals surface area contributed by atoms with Gasteiger partial charge < -0.3 is 43.4 Å². The van der Waals surface area contributed by atoms with Crippen molar-refractivity contribution < 1.29 is 65.9 Å².